The molecular formula is C25H40N8O3Si. The summed E-state index contributed by atoms with van der Waals surface area (Å²) in [7, 11) is 0.688. The van der Waals surface area contributed by atoms with Gasteiger partial charge in [-0.1, -0.05) is 19.6 Å². The number of nitrogens with one attached hydrogen (secondary N) is 2. The molecule has 0 unspecified atom stereocenters. The molecule has 3 N–H and O–H groups in total. The van der Waals surface area contributed by atoms with Crippen LogP contribution in [0.25, 0.3) is 11.0 Å². The number of carboxylic acid groups (broad SMARTS) is 1. The fourth-order valence-corrected chi connectivity index (χ4v) is 5.35. The first-order chi connectivity index (χ1) is 17.3. The minimum absolute atomic E-state index is 0.0234. The summed E-state index contributed by atoms with van der Waals surface area (Å²) in [5.41, 5.74) is 1.12. The Balaban J connectivity index is 1.54. The van der Waals surface area contributed by atoms with Crippen LogP contribution in [0.5, 0.6) is 0 Å². The average molecular weight is 529 g/mol. The van der Waals surface area contributed by atoms with Crippen molar-refractivity contribution in [2.75, 3.05) is 17.2 Å². The molecule has 1 aliphatic rings. The Morgan fingerprint density at radius 3 is 2.59 bits per heavy atom. The van der Waals surface area contributed by atoms with Gasteiger partial charge in [0.15, 0.2) is 0 Å². The van der Waals surface area contributed by atoms with Gasteiger partial charge in [0.25, 0.3) is 0 Å². The lowest BCUT2D eigenvalue weighted by molar-refractivity contribution is 0.0379. The van der Waals surface area contributed by atoms with E-state index in [1.54, 1.807) is 15.8 Å². The van der Waals surface area contributed by atoms with Gasteiger partial charge in [0.2, 0.25) is 5.95 Å². The van der Waals surface area contributed by atoms with Crippen LogP contribution in [-0.4, -0.2) is 72.7 Å². The molecule has 0 saturated heterocycles. The molecule has 1 fully saturated rings. The predicted octanol–water partition coefficient (Wildman–Crippen LogP) is 4.94. The molecule has 37 heavy (non-hydrogen) atoms. The Labute approximate surface area is 219 Å². The average Bonchev–Trinajstić information content (AvgIpc) is 3.33. The van der Waals surface area contributed by atoms with E-state index < -0.39 is 19.7 Å². The van der Waals surface area contributed by atoms with E-state index in [-0.39, 0.29) is 12.1 Å². The van der Waals surface area contributed by atoms with Crippen LogP contribution in [0.15, 0.2) is 24.7 Å². The number of fused-ring (bicyclic) bond motifs is 1. The minimum atomic E-state index is -1.17. The Hall–Kier alpha value is -3.12. The van der Waals surface area contributed by atoms with Crippen LogP contribution >= 0.6 is 0 Å². The van der Waals surface area contributed by atoms with E-state index in [1.807, 2.05) is 50.8 Å². The maximum Gasteiger partial charge on any atom is 0.407 e. The molecule has 3 aromatic rings. The van der Waals surface area contributed by atoms with Gasteiger partial charge < -0.3 is 29.9 Å². The van der Waals surface area contributed by atoms with Crippen molar-refractivity contribution in [2.45, 2.75) is 83.7 Å². The van der Waals surface area contributed by atoms with E-state index >= 15 is 0 Å². The summed E-state index contributed by atoms with van der Waals surface area (Å²) in [6.07, 6.45) is 6.13. The van der Waals surface area contributed by atoms with Crippen LogP contribution in [0.2, 0.25) is 25.7 Å². The fraction of sp³-hybridized carbons (Fsp3) is 0.600. The van der Waals surface area contributed by atoms with Gasteiger partial charge in [0.05, 0.1) is 17.3 Å². The molecule has 11 nitrogen and oxygen atoms in total. The van der Waals surface area contributed by atoms with Gasteiger partial charge in [-0.3, -0.25) is 4.68 Å². The van der Waals surface area contributed by atoms with Crippen molar-refractivity contribution >= 4 is 42.7 Å². The van der Waals surface area contributed by atoms with Crippen molar-refractivity contribution < 1.29 is 14.6 Å². The summed E-state index contributed by atoms with van der Waals surface area (Å²) in [6.45, 7) is 14.0. The van der Waals surface area contributed by atoms with Crippen molar-refractivity contribution in [3.63, 3.8) is 0 Å². The molecule has 1 saturated carbocycles. The first-order valence-corrected chi connectivity index (χ1v) is 16.5. The maximum atomic E-state index is 11.9. The number of carbonyl (C=O) groups is 1. The molecule has 1 aliphatic carbocycles. The lowest BCUT2D eigenvalue weighted by atomic mass is 9.83. The summed E-state index contributed by atoms with van der Waals surface area (Å²) in [4.78, 5) is 23.0. The number of hydrogen-bond donors (Lipinski definition) is 3. The van der Waals surface area contributed by atoms with Crippen molar-refractivity contribution in [1.82, 2.24) is 29.2 Å². The van der Waals surface area contributed by atoms with Crippen LogP contribution < -0.4 is 10.6 Å². The monoisotopic (exact) mass is 528 g/mol. The van der Waals surface area contributed by atoms with Crippen LogP contribution in [0.4, 0.5) is 22.2 Å². The normalized spacial score (nSPS) is 18.0. The number of rotatable bonds is 10. The smallest absolute Gasteiger partial charge is 0.407 e. The third kappa shape index (κ3) is 6.61. The molecule has 3 heterocycles. The molecule has 3 aromatic heterocycles. The van der Waals surface area contributed by atoms with Gasteiger partial charge in [-0.25, -0.2) is 4.79 Å². The molecule has 0 aliphatic heterocycles. The third-order valence-corrected chi connectivity index (χ3v) is 8.26. The van der Waals surface area contributed by atoms with E-state index in [1.165, 1.54) is 0 Å². The molecule has 0 aromatic carbocycles. The SMILES string of the molecule is Cn1cc(Nc2nc(N[C@H]3C[C@H](N(C(=O)O)C(C)(C)C)C3)c3ccn(COCC[Si](C)(C)C)c3n2)cn1. The Morgan fingerprint density at radius 2 is 2.00 bits per heavy atom. The van der Waals surface area contributed by atoms with E-state index in [0.717, 1.165) is 48.0 Å². The van der Waals surface area contributed by atoms with Crippen LogP contribution in [0, 0.1) is 0 Å². The highest BCUT2D eigenvalue weighted by Crippen LogP contribution is 2.34. The first kappa shape index (κ1) is 26.9. The summed E-state index contributed by atoms with van der Waals surface area (Å²) in [5, 5.41) is 21.6. The summed E-state index contributed by atoms with van der Waals surface area (Å²) in [6, 6.07) is 3.20. The topological polar surface area (TPSA) is 122 Å². The number of anilines is 3. The third-order valence-electron chi connectivity index (χ3n) is 6.55. The zero-order valence-electron chi connectivity index (χ0n) is 22.9. The number of aromatic nitrogens is 5. The zero-order chi connectivity index (χ0) is 27.0. The van der Waals surface area contributed by atoms with Gasteiger partial charge in [0.1, 0.15) is 18.2 Å². The van der Waals surface area contributed by atoms with Gasteiger partial charge in [-0.15, -0.1) is 0 Å². The summed E-state index contributed by atoms with van der Waals surface area (Å²) in [5.74, 6) is 1.18. The van der Waals surface area contributed by atoms with Crippen molar-refractivity contribution in [2.24, 2.45) is 7.05 Å². The quantitative estimate of drug-likeness (QED) is 0.250. The molecule has 0 spiro atoms. The van der Waals surface area contributed by atoms with Gasteiger partial charge >= 0.3 is 6.09 Å². The highest BCUT2D eigenvalue weighted by Gasteiger charge is 2.41. The van der Waals surface area contributed by atoms with Crippen LogP contribution in [0.1, 0.15) is 33.6 Å². The summed E-state index contributed by atoms with van der Waals surface area (Å²) >= 11 is 0. The Kier molecular flexibility index (Phi) is 7.52. The van der Waals surface area contributed by atoms with E-state index in [9.17, 15) is 9.90 Å². The first-order valence-electron chi connectivity index (χ1n) is 12.8. The second kappa shape index (κ2) is 10.3. The molecule has 0 atom stereocenters. The number of aryl methyl sites for hydroxylation is 1. The number of hydrogen-bond acceptors (Lipinski definition) is 7. The van der Waals surface area contributed by atoms with E-state index in [2.05, 4.69) is 35.4 Å². The Morgan fingerprint density at radius 1 is 1.27 bits per heavy atom. The molecule has 12 heteroatoms. The predicted molar refractivity (Wildman–Crippen MR) is 148 cm³/mol. The molecule has 202 valence electrons. The van der Waals surface area contributed by atoms with Gasteiger partial charge in [-0.05, 0) is 45.7 Å². The lowest BCUT2D eigenvalue weighted by Crippen LogP contribution is -2.58. The zero-order valence-corrected chi connectivity index (χ0v) is 23.9. The molecule has 4 rings (SSSR count). The van der Waals surface area contributed by atoms with E-state index in [0.29, 0.717) is 12.7 Å². The van der Waals surface area contributed by atoms with Crippen LogP contribution in [0.3, 0.4) is 0 Å². The largest absolute Gasteiger partial charge is 0.465 e. The maximum absolute atomic E-state index is 11.9. The molecule has 0 radical (unpaired) electrons. The molecule has 1 amide bonds. The fourth-order valence-electron chi connectivity index (χ4n) is 4.59. The van der Waals surface area contributed by atoms with Crippen molar-refractivity contribution in [3.05, 3.63) is 24.7 Å². The van der Waals surface area contributed by atoms with Crippen LogP contribution in [-0.2, 0) is 18.5 Å². The molecular weight excluding hydrogens is 488 g/mol. The highest BCUT2D eigenvalue weighted by molar-refractivity contribution is 6.76. The van der Waals surface area contributed by atoms with E-state index in [4.69, 9.17) is 14.7 Å². The standard InChI is InChI=1S/C25H40N8O3Si/c1-25(2,3)33(24(34)35)19-12-17(13-19)27-21-20-8-9-32(16-36-10-11-37(5,6)7)22(20)30-23(29-21)28-18-14-26-31(4)15-18/h8-9,14-15,17,19H,10-13,16H2,1-7H3,(H,34,35)(H2,27,28,29,30)/t17-,19-. The van der Waals surface area contributed by atoms with Gasteiger partial charge in [-0.2, -0.15) is 15.1 Å². The van der Waals surface area contributed by atoms with Gasteiger partial charge in [0, 0.05) is 51.7 Å². The lowest BCUT2D eigenvalue weighted by Gasteiger charge is -2.47. The highest BCUT2D eigenvalue weighted by atomic mass is 28.3. The number of ether oxygens (including phenoxy) is 1. The second-order valence-corrected chi connectivity index (χ2v) is 17.7. The second-order valence-electron chi connectivity index (χ2n) is 12.1. The van der Waals surface area contributed by atoms with Crippen molar-refractivity contribution in [1.29, 1.82) is 0 Å². The Bertz CT molecular complexity index is 1240. The molecule has 0 bridgehead atoms. The minimum Gasteiger partial charge on any atom is -0.465 e. The van der Waals surface area contributed by atoms with Crippen molar-refractivity contribution in [3.8, 4) is 0 Å². The number of amides is 1. The number of nitrogens with zero attached hydrogens (tertiary/aromatic N) is 6. The summed E-state index contributed by atoms with van der Waals surface area (Å²) < 4.78 is 9.71.